The Morgan fingerprint density at radius 3 is 2.53 bits per heavy atom. The molecule has 0 aliphatic heterocycles. The van der Waals surface area contributed by atoms with Gasteiger partial charge in [-0.1, -0.05) is 31.4 Å². The van der Waals surface area contributed by atoms with E-state index in [0.717, 1.165) is 16.8 Å². The zero-order chi connectivity index (χ0) is 21.3. The first-order valence-corrected chi connectivity index (χ1v) is 9.89. The Bertz CT molecular complexity index is 1020. The van der Waals surface area contributed by atoms with Crippen molar-refractivity contribution >= 4 is 5.65 Å². The summed E-state index contributed by atoms with van der Waals surface area (Å²) in [5.74, 6) is 0.950. The van der Waals surface area contributed by atoms with Crippen molar-refractivity contribution in [3.63, 3.8) is 0 Å². The van der Waals surface area contributed by atoms with Gasteiger partial charge in [0.2, 0.25) is 5.82 Å². The maximum Gasteiger partial charge on any atom is 0.210 e. The molecule has 7 nitrogen and oxygen atoms in total. The normalized spacial score (nSPS) is 13.9. The Kier molecular flexibility index (Phi) is 7.53. The monoisotopic (exact) mass is 413 g/mol. The number of aryl methyl sites for hydroxylation is 1. The summed E-state index contributed by atoms with van der Waals surface area (Å²) in [6.45, 7) is 1.86. The first kappa shape index (κ1) is 21.5. The molecule has 1 fully saturated rings. The van der Waals surface area contributed by atoms with Crippen LogP contribution >= 0.6 is 0 Å². The van der Waals surface area contributed by atoms with Crippen LogP contribution in [-0.2, 0) is 0 Å². The molecule has 9 heteroatoms. The number of aromatic nitrogens is 7. The molecular weight excluding hydrogens is 388 g/mol. The first-order valence-electron chi connectivity index (χ1n) is 9.89. The highest BCUT2D eigenvalue weighted by Gasteiger charge is 2.20. The van der Waals surface area contributed by atoms with E-state index in [4.69, 9.17) is 0 Å². The van der Waals surface area contributed by atoms with E-state index in [2.05, 4.69) is 36.8 Å². The smallest absolute Gasteiger partial charge is 0.210 e. The fourth-order valence-electron chi connectivity index (χ4n) is 3.66. The lowest BCUT2D eigenvalue weighted by molar-refractivity contribution is 0.430. The summed E-state index contributed by atoms with van der Waals surface area (Å²) in [6.07, 6.45) is 10.0. The van der Waals surface area contributed by atoms with Gasteiger partial charge in [0, 0.05) is 17.8 Å². The van der Waals surface area contributed by atoms with Crippen molar-refractivity contribution in [1.29, 1.82) is 0 Å². The Labute approximate surface area is 173 Å². The summed E-state index contributed by atoms with van der Waals surface area (Å²) < 4.78 is 23.6. The number of halogens is 2. The summed E-state index contributed by atoms with van der Waals surface area (Å²) in [5, 5.41) is 18.6. The SMILES string of the molecule is CF.Cc1cccc(F)c1.c1cc(C2CCCCC2)n2ncc(-c3nn[nH]n3)c2n1. The quantitative estimate of drug-likeness (QED) is 0.516. The van der Waals surface area contributed by atoms with E-state index in [-0.39, 0.29) is 5.82 Å². The number of fused-ring (bicyclic) bond motifs is 1. The first-order chi connectivity index (χ1) is 14.7. The van der Waals surface area contributed by atoms with Gasteiger partial charge in [0.05, 0.1) is 18.9 Å². The average molecular weight is 413 g/mol. The molecule has 5 rings (SSSR count). The van der Waals surface area contributed by atoms with Crippen molar-refractivity contribution in [2.45, 2.75) is 44.9 Å². The molecule has 1 aliphatic rings. The molecule has 0 unspecified atom stereocenters. The molecule has 1 saturated carbocycles. The molecule has 3 aromatic heterocycles. The minimum atomic E-state index is -0.162. The molecule has 1 N–H and O–H groups in total. The molecule has 0 atom stereocenters. The number of alkyl halides is 1. The van der Waals surface area contributed by atoms with Crippen LogP contribution in [0.15, 0.2) is 42.7 Å². The van der Waals surface area contributed by atoms with Gasteiger partial charge in [0.15, 0.2) is 5.65 Å². The van der Waals surface area contributed by atoms with Crippen molar-refractivity contribution in [2.75, 3.05) is 7.18 Å². The summed E-state index contributed by atoms with van der Waals surface area (Å²) >= 11 is 0. The molecule has 158 valence electrons. The van der Waals surface area contributed by atoms with Crippen LogP contribution in [0.2, 0.25) is 0 Å². The van der Waals surface area contributed by atoms with Crippen molar-refractivity contribution in [2.24, 2.45) is 0 Å². The van der Waals surface area contributed by atoms with Crippen LogP contribution in [0.1, 0.15) is 49.3 Å². The number of H-pyrrole nitrogens is 1. The highest BCUT2D eigenvalue weighted by molar-refractivity contribution is 5.71. The molecule has 1 aliphatic carbocycles. The highest BCUT2D eigenvalue weighted by Crippen LogP contribution is 2.33. The number of nitrogens with one attached hydrogen (secondary N) is 1. The van der Waals surface area contributed by atoms with Gasteiger partial charge >= 0.3 is 0 Å². The van der Waals surface area contributed by atoms with E-state index >= 15 is 0 Å². The lowest BCUT2D eigenvalue weighted by Gasteiger charge is -2.22. The average Bonchev–Trinajstić information content (AvgIpc) is 3.45. The number of hydrogen-bond acceptors (Lipinski definition) is 5. The third-order valence-electron chi connectivity index (χ3n) is 5.02. The molecule has 0 saturated heterocycles. The number of aromatic amines is 1. The minimum absolute atomic E-state index is 0.162. The predicted molar refractivity (Wildman–Crippen MR) is 110 cm³/mol. The van der Waals surface area contributed by atoms with Gasteiger partial charge < -0.3 is 0 Å². The Morgan fingerprint density at radius 1 is 1.10 bits per heavy atom. The van der Waals surface area contributed by atoms with Crippen LogP contribution in [0.5, 0.6) is 0 Å². The molecule has 4 aromatic rings. The number of rotatable bonds is 2. The van der Waals surface area contributed by atoms with E-state index in [1.807, 2.05) is 23.7 Å². The summed E-state index contributed by atoms with van der Waals surface area (Å²) in [5.41, 5.74) is 3.82. The van der Waals surface area contributed by atoms with E-state index in [1.165, 1.54) is 49.9 Å². The molecule has 0 radical (unpaired) electrons. The second kappa shape index (κ2) is 10.5. The van der Waals surface area contributed by atoms with Crippen molar-refractivity contribution in [3.05, 3.63) is 59.8 Å². The van der Waals surface area contributed by atoms with Gasteiger partial charge in [-0.15, -0.1) is 10.2 Å². The van der Waals surface area contributed by atoms with Crippen molar-refractivity contribution < 1.29 is 8.78 Å². The van der Waals surface area contributed by atoms with Gasteiger partial charge in [-0.3, -0.25) is 4.39 Å². The van der Waals surface area contributed by atoms with Gasteiger partial charge in [0.1, 0.15) is 5.82 Å². The topological polar surface area (TPSA) is 84.6 Å². The fraction of sp³-hybridized carbons (Fsp3) is 0.381. The molecule has 30 heavy (non-hydrogen) atoms. The van der Waals surface area contributed by atoms with Crippen LogP contribution in [0.4, 0.5) is 8.78 Å². The zero-order valence-electron chi connectivity index (χ0n) is 17.1. The van der Waals surface area contributed by atoms with Crippen LogP contribution in [0.3, 0.4) is 0 Å². The van der Waals surface area contributed by atoms with Crippen molar-refractivity contribution in [3.8, 4) is 11.4 Å². The Hall–Kier alpha value is -3.23. The number of benzene rings is 1. The number of nitrogens with zero attached hydrogens (tertiary/aromatic N) is 6. The Morgan fingerprint density at radius 2 is 1.90 bits per heavy atom. The Balaban J connectivity index is 0.000000216. The summed E-state index contributed by atoms with van der Waals surface area (Å²) in [4.78, 5) is 4.43. The molecule has 1 aromatic carbocycles. The lowest BCUT2D eigenvalue weighted by Crippen LogP contribution is -2.10. The van der Waals surface area contributed by atoms with Gasteiger partial charge in [-0.25, -0.2) is 13.9 Å². The maximum absolute atomic E-state index is 12.2. The van der Waals surface area contributed by atoms with Crippen LogP contribution in [0, 0.1) is 12.7 Å². The van der Waals surface area contributed by atoms with Crippen molar-refractivity contribution in [1.82, 2.24) is 35.2 Å². The fourth-order valence-corrected chi connectivity index (χ4v) is 3.66. The second-order valence-electron chi connectivity index (χ2n) is 7.03. The second-order valence-corrected chi connectivity index (χ2v) is 7.03. The zero-order valence-corrected chi connectivity index (χ0v) is 17.1. The summed E-state index contributed by atoms with van der Waals surface area (Å²) in [7, 11) is 0.500. The van der Waals surface area contributed by atoms with Crippen LogP contribution in [-0.4, -0.2) is 42.4 Å². The van der Waals surface area contributed by atoms with Crippen LogP contribution < -0.4 is 0 Å². The lowest BCUT2D eigenvalue weighted by atomic mass is 9.87. The molecule has 0 bridgehead atoms. The van der Waals surface area contributed by atoms with E-state index in [9.17, 15) is 8.78 Å². The molecule has 0 amide bonds. The van der Waals surface area contributed by atoms with Gasteiger partial charge in [0.25, 0.3) is 0 Å². The van der Waals surface area contributed by atoms with E-state index in [1.54, 1.807) is 12.3 Å². The van der Waals surface area contributed by atoms with Crippen LogP contribution in [0.25, 0.3) is 17.0 Å². The van der Waals surface area contributed by atoms with Gasteiger partial charge in [-0.05, 0) is 48.7 Å². The van der Waals surface area contributed by atoms with E-state index < -0.39 is 0 Å². The number of tetrazole rings is 1. The maximum atomic E-state index is 12.2. The predicted octanol–water partition coefficient (Wildman–Crippen LogP) is 4.68. The standard InChI is InChI=1S/C13H15N7.C7H7F.CH3F/c1-2-4-9(5-3-1)11-6-7-14-13-10(8-15-20(11)13)12-16-18-19-17-12;1-6-3-2-4-7(8)5-6;1-2/h6-9H,1-5H2,(H,16,17,18,19);2-5H,1H3;1H3. The third kappa shape index (κ3) is 5.03. The molecular formula is C21H25F2N7. The van der Waals surface area contributed by atoms with E-state index in [0.29, 0.717) is 18.9 Å². The molecule has 0 spiro atoms. The van der Waals surface area contributed by atoms with Gasteiger partial charge in [-0.2, -0.15) is 10.3 Å². The highest BCUT2D eigenvalue weighted by atomic mass is 19.1. The third-order valence-corrected chi connectivity index (χ3v) is 5.02. The summed E-state index contributed by atoms with van der Waals surface area (Å²) in [6, 6.07) is 8.58. The number of hydrogen-bond donors (Lipinski definition) is 1. The molecule has 3 heterocycles. The minimum Gasteiger partial charge on any atom is -0.255 e. The largest absolute Gasteiger partial charge is 0.255 e.